The summed E-state index contributed by atoms with van der Waals surface area (Å²) >= 11 is 0. The molecule has 12 nitrogen and oxygen atoms in total. The van der Waals surface area contributed by atoms with Gasteiger partial charge < -0.3 is 31.3 Å². The number of likely N-dealkylation sites (tertiary alicyclic amines) is 1. The SMILES string of the molecule is C=CCNC(=O)C(=O)C(CCC)NC(=O)C1CCCN1C(=O)C(NC(=O)NCC(=O)O)C(C)(C)C. The fourth-order valence-electron chi connectivity index (χ4n) is 3.69. The normalized spacial score (nSPS) is 17.0. The molecule has 196 valence electrons. The molecule has 3 unspecified atom stereocenters. The van der Waals surface area contributed by atoms with E-state index in [2.05, 4.69) is 27.8 Å². The Morgan fingerprint density at radius 2 is 1.77 bits per heavy atom. The molecule has 1 aliphatic rings. The second-order valence-corrected chi connectivity index (χ2v) is 9.42. The highest BCUT2D eigenvalue weighted by Gasteiger charge is 2.42. The van der Waals surface area contributed by atoms with Crippen molar-refractivity contribution in [1.29, 1.82) is 0 Å². The number of hydrogen-bond donors (Lipinski definition) is 5. The highest BCUT2D eigenvalue weighted by atomic mass is 16.4. The van der Waals surface area contributed by atoms with Crippen LogP contribution in [-0.2, 0) is 24.0 Å². The number of carboxylic acids is 1. The van der Waals surface area contributed by atoms with Gasteiger partial charge in [-0.05, 0) is 24.7 Å². The van der Waals surface area contributed by atoms with E-state index in [0.717, 1.165) is 0 Å². The van der Waals surface area contributed by atoms with Crippen LogP contribution in [0.15, 0.2) is 12.7 Å². The summed E-state index contributed by atoms with van der Waals surface area (Å²) in [6, 6.07) is -3.77. The fraction of sp³-hybridized carbons (Fsp3) is 0.652. The molecule has 3 atom stereocenters. The zero-order chi connectivity index (χ0) is 26.8. The lowest BCUT2D eigenvalue weighted by Gasteiger charge is -2.35. The van der Waals surface area contributed by atoms with Crippen LogP contribution in [0.1, 0.15) is 53.4 Å². The van der Waals surface area contributed by atoms with Crippen molar-refractivity contribution in [2.24, 2.45) is 5.41 Å². The van der Waals surface area contributed by atoms with Gasteiger partial charge in [-0.3, -0.25) is 24.0 Å². The highest BCUT2D eigenvalue weighted by Crippen LogP contribution is 2.26. The van der Waals surface area contributed by atoms with Crippen LogP contribution >= 0.6 is 0 Å². The van der Waals surface area contributed by atoms with E-state index in [1.165, 1.54) is 11.0 Å². The molecule has 5 amide bonds. The van der Waals surface area contributed by atoms with Crippen LogP contribution < -0.4 is 21.3 Å². The molecular formula is C23H37N5O7. The molecule has 12 heteroatoms. The summed E-state index contributed by atoms with van der Waals surface area (Å²) < 4.78 is 0. The molecule has 0 bridgehead atoms. The van der Waals surface area contributed by atoms with Crippen LogP contribution in [0.4, 0.5) is 4.79 Å². The van der Waals surface area contributed by atoms with Gasteiger partial charge in [0.2, 0.25) is 17.6 Å². The van der Waals surface area contributed by atoms with E-state index in [9.17, 15) is 28.8 Å². The highest BCUT2D eigenvalue weighted by molar-refractivity contribution is 6.38. The number of aliphatic carboxylic acids is 1. The lowest BCUT2D eigenvalue weighted by Crippen LogP contribution is -2.60. The third-order valence-corrected chi connectivity index (χ3v) is 5.47. The van der Waals surface area contributed by atoms with Gasteiger partial charge in [0, 0.05) is 13.1 Å². The van der Waals surface area contributed by atoms with Gasteiger partial charge in [-0.15, -0.1) is 6.58 Å². The summed E-state index contributed by atoms with van der Waals surface area (Å²) in [7, 11) is 0. The molecule has 35 heavy (non-hydrogen) atoms. The molecule has 0 aromatic heterocycles. The van der Waals surface area contributed by atoms with Crippen molar-refractivity contribution in [3.05, 3.63) is 12.7 Å². The van der Waals surface area contributed by atoms with Crippen molar-refractivity contribution in [2.45, 2.75) is 71.5 Å². The Hall–Kier alpha value is -3.44. The van der Waals surface area contributed by atoms with Crippen molar-refractivity contribution in [3.63, 3.8) is 0 Å². The van der Waals surface area contributed by atoms with E-state index >= 15 is 0 Å². The molecule has 0 aliphatic carbocycles. The van der Waals surface area contributed by atoms with Crippen LogP contribution in [-0.4, -0.2) is 83.3 Å². The molecule has 1 heterocycles. The van der Waals surface area contributed by atoms with Crippen LogP contribution in [0.5, 0.6) is 0 Å². The van der Waals surface area contributed by atoms with Gasteiger partial charge >= 0.3 is 12.0 Å². The Kier molecular flexibility index (Phi) is 11.4. The number of nitrogens with zero attached hydrogens (tertiary/aromatic N) is 1. The molecular weight excluding hydrogens is 458 g/mol. The summed E-state index contributed by atoms with van der Waals surface area (Å²) in [5.74, 6) is -3.89. The number of carbonyl (C=O) groups is 6. The van der Waals surface area contributed by atoms with E-state index < -0.39 is 65.6 Å². The predicted octanol–water partition coefficient (Wildman–Crippen LogP) is -0.0679. The molecule has 1 rings (SSSR count). The Morgan fingerprint density at radius 3 is 2.31 bits per heavy atom. The van der Waals surface area contributed by atoms with E-state index in [-0.39, 0.29) is 19.5 Å². The van der Waals surface area contributed by atoms with Gasteiger partial charge in [0.25, 0.3) is 5.91 Å². The first kappa shape index (κ1) is 29.6. The van der Waals surface area contributed by atoms with Crippen LogP contribution in [0.25, 0.3) is 0 Å². The molecule has 1 aliphatic heterocycles. The van der Waals surface area contributed by atoms with Crippen molar-refractivity contribution in [2.75, 3.05) is 19.6 Å². The molecule has 0 spiro atoms. The second kappa shape index (κ2) is 13.4. The summed E-state index contributed by atoms with van der Waals surface area (Å²) in [6.07, 6.45) is 3.12. The topological polar surface area (TPSA) is 174 Å². The quantitative estimate of drug-likeness (QED) is 0.186. The fourth-order valence-corrected chi connectivity index (χ4v) is 3.69. The number of urea groups is 1. The maximum atomic E-state index is 13.4. The van der Waals surface area contributed by atoms with Gasteiger partial charge in [-0.1, -0.05) is 40.2 Å². The standard InChI is InChI=1S/C23H37N5O7/c1-6-9-14(17(31)20(33)24-11-7-2)26-19(32)15-10-8-12-28(15)21(34)18(23(3,4)5)27-22(35)25-13-16(29)30/h7,14-15,18H,2,6,8-13H2,1,3-5H3,(H,24,33)(H,26,32)(H,29,30)(H2,25,27,35). The van der Waals surface area contributed by atoms with Crippen LogP contribution in [0.3, 0.4) is 0 Å². The Labute approximate surface area is 205 Å². The molecule has 0 aromatic rings. The third-order valence-electron chi connectivity index (χ3n) is 5.47. The maximum Gasteiger partial charge on any atom is 0.323 e. The molecule has 1 fully saturated rings. The lowest BCUT2D eigenvalue weighted by molar-refractivity contribution is -0.143. The molecule has 0 aromatic carbocycles. The number of hydrogen-bond acceptors (Lipinski definition) is 6. The van der Waals surface area contributed by atoms with E-state index in [1.807, 2.05) is 6.92 Å². The first-order chi connectivity index (χ1) is 16.3. The van der Waals surface area contributed by atoms with Gasteiger partial charge in [0.1, 0.15) is 18.6 Å². The summed E-state index contributed by atoms with van der Waals surface area (Å²) in [6.45, 7) is 10.3. The lowest BCUT2D eigenvalue weighted by atomic mass is 9.85. The van der Waals surface area contributed by atoms with E-state index in [4.69, 9.17) is 5.11 Å². The minimum atomic E-state index is -1.23. The second-order valence-electron chi connectivity index (χ2n) is 9.42. The Bertz CT molecular complexity index is 837. The number of carboxylic acid groups (broad SMARTS) is 1. The summed E-state index contributed by atoms with van der Waals surface area (Å²) in [5, 5.41) is 18.4. The smallest absolute Gasteiger partial charge is 0.323 e. The number of Topliss-reactive ketones (excluding diaryl/α,β-unsaturated/α-hetero) is 1. The van der Waals surface area contributed by atoms with Gasteiger partial charge in [-0.25, -0.2) is 4.79 Å². The molecule has 5 N–H and O–H groups in total. The van der Waals surface area contributed by atoms with E-state index in [0.29, 0.717) is 19.3 Å². The average molecular weight is 496 g/mol. The number of ketones is 1. The minimum Gasteiger partial charge on any atom is -0.480 e. The summed E-state index contributed by atoms with van der Waals surface area (Å²) in [5.41, 5.74) is -0.745. The summed E-state index contributed by atoms with van der Waals surface area (Å²) in [4.78, 5) is 75.3. The number of nitrogens with one attached hydrogen (secondary N) is 4. The van der Waals surface area contributed by atoms with E-state index in [1.54, 1.807) is 20.8 Å². The monoisotopic (exact) mass is 495 g/mol. The Balaban J connectivity index is 2.99. The average Bonchev–Trinajstić information content (AvgIpc) is 3.27. The largest absolute Gasteiger partial charge is 0.480 e. The first-order valence-electron chi connectivity index (χ1n) is 11.6. The number of carbonyl (C=O) groups excluding carboxylic acids is 5. The predicted molar refractivity (Wildman–Crippen MR) is 127 cm³/mol. The van der Waals surface area contributed by atoms with Crippen molar-refractivity contribution >= 4 is 35.5 Å². The van der Waals surface area contributed by atoms with Crippen molar-refractivity contribution < 1.29 is 33.9 Å². The number of rotatable bonds is 12. The van der Waals surface area contributed by atoms with Crippen molar-refractivity contribution in [3.8, 4) is 0 Å². The minimum absolute atomic E-state index is 0.115. The molecule has 1 saturated heterocycles. The van der Waals surface area contributed by atoms with Crippen molar-refractivity contribution in [1.82, 2.24) is 26.2 Å². The zero-order valence-corrected chi connectivity index (χ0v) is 20.8. The first-order valence-corrected chi connectivity index (χ1v) is 11.6. The van der Waals surface area contributed by atoms with Crippen LogP contribution in [0.2, 0.25) is 0 Å². The molecule has 0 saturated carbocycles. The molecule has 0 radical (unpaired) electrons. The van der Waals surface area contributed by atoms with Gasteiger partial charge in [-0.2, -0.15) is 0 Å². The van der Waals surface area contributed by atoms with Crippen LogP contribution in [0, 0.1) is 5.41 Å². The maximum absolute atomic E-state index is 13.4. The van der Waals surface area contributed by atoms with Gasteiger partial charge in [0.15, 0.2) is 0 Å². The number of amides is 5. The third kappa shape index (κ3) is 9.02. The Morgan fingerprint density at radius 1 is 1.11 bits per heavy atom. The zero-order valence-electron chi connectivity index (χ0n) is 20.8. The van der Waals surface area contributed by atoms with Gasteiger partial charge in [0.05, 0.1) is 6.04 Å².